The van der Waals surface area contributed by atoms with Crippen LogP contribution < -0.4 is 0 Å². The third-order valence-electron chi connectivity index (χ3n) is 4.56. The first-order chi connectivity index (χ1) is 11.7. The minimum absolute atomic E-state index is 0.0104. The van der Waals surface area contributed by atoms with E-state index in [0.717, 1.165) is 41.8 Å². The van der Waals surface area contributed by atoms with E-state index in [0.29, 0.717) is 12.2 Å². The number of hydrogen-bond acceptors (Lipinski definition) is 4. The van der Waals surface area contributed by atoms with Gasteiger partial charge in [0.25, 0.3) is 5.91 Å². The van der Waals surface area contributed by atoms with Gasteiger partial charge in [-0.1, -0.05) is 24.3 Å². The number of amides is 1. The molecule has 2 aromatic heterocycles. The monoisotopic (exact) mass is 321 g/mol. The summed E-state index contributed by atoms with van der Waals surface area (Å²) in [5.74, 6) is 1.78. The molecular weight excluding hydrogens is 302 g/mol. The number of aromatic amines is 1. The first-order valence-electron chi connectivity index (χ1n) is 8.24. The third kappa shape index (κ3) is 2.64. The third-order valence-corrected chi connectivity index (χ3v) is 4.56. The van der Waals surface area contributed by atoms with Crippen LogP contribution >= 0.6 is 0 Å². The van der Waals surface area contributed by atoms with Crippen molar-refractivity contribution >= 4 is 16.7 Å². The van der Waals surface area contributed by atoms with Crippen LogP contribution in [0.3, 0.4) is 0 Å². The van der Waals surface area contributed by atoms with Gasteiger partial charge in [-0.2, -0.15) is 5.10 Å². The number of hydrogen-bond donors (Lipinski definition) is 1. The summed E-state index contributed by atoms with van der Waals surface area (Å²) in [6.45, 7) is 3.28. The molecule has 1 saturated heterocycles. The number of H-pyrrole nitrogens is 1. The van der Waals surface area contributed by atoms with E-state index in [2.05, 4.69) is 20.2 Å². The van der Waals surface area contributed by atoms with Crippen molar-refractivity contribution in [1.29, 1.82) is 0 Å². The van der Waals surface area contributed by atoms with E-state index in [1.54, 1.807) is 6.20 Å². The van der Waals surface area contributed by atoms with Crippen LogP contribution in [-0.2, 0) is 0 Å². The van der Waals surface area contributed by atoms with Crippen LogP contribution in [0.15, 0.2) is 36.5 Å². The van der Waals surface area contributed by atoms with Crippen LogP contribution in [0, 0.1) is 6.92 Å². The summed E-state index contributed by atoms with van der Waals surface area (Å²) in [6.07, 6.45) is 3.66. The van der Waals surface area contributed by atoms with Crippen LogP contribution in [0.2, 0.25) is 0 Å². The summed E-state index contributed by atoms with van der Waals surface area (Å²) in [7, 11) is 0. The largest absolute Gasteiger partial charge is 0.337 e. The summed E-state index contributed by atoms with van der Waals surface area (Å²) < 4.78 is 0. The maximum absolute atomic E-state index is 13.0. The highest BCUT2D eigenvalue weighted by Crippen LogP contribution is 2.26. The Labute approximate surface area is 139 Å². The summed E-state index contributed by atoms with van der Waals surface area (Å²) in [5, 5.41) is 9.09. The van der Waals surface area contributed by atoms with Gasteiger partial charge >= 0.3 is 0 Å². The molecule has 0 spiro atoms. The topological polar surface area (TPSA) is 74.8 Å². The molecule has 1 aromatic carbocycles. The average Bonchev–Trinajstić information content (AvgIpc) is 3.07. The Morgan fingerprint density at radius 2 is 2.17 bits per heavy atom. The number of nitrogens with one attached hydrogen (secondary N) is 1. The Bertz CT molecular complexity index is 883. The van der Waals surface area contributed by atoms with Gasteiger partial charge < -0.3 is 4.90 Å². The molecule has 122 valence electrons. The Morgan fingerprint density at radius 1 is 1.29 bits per heavy atom. The van der Waals surface area contributed by atoms with Crippen LogP contribution in [0.1, 0.15) is 40.9 Å². The molecule has 6 heteroatoms. The zero-order valence-electron chi connectivity index (χ0n) is 13.6. The minimum Gasteiger partial charge on any atom is -0.337 e. The number of carbonyl (C=O) groups excluding carboxylic acids is 1. The predicted octanol–water partition coefficient (Wildman–Crippen LogP) is 2.68. The molecular formula is C18H19N5O. The molecule has 24 heavy (non-hydrogen) atoms. The maximum Gasteiger partial charge on any atom is 0.273 e. The summed E-state index contributed by atoms with van der Waals surface area (Å²) in [6, 6.07) is 9.80. The molecule has 1 fully saturated rings. The molecule has 1 atom stereocenters. The lowest BCUT2D eigenvalue weighted by molar-refractivity contribution is 0.0701. The quantitative estimate of drug-likeness (QED) is 0.787. The van der Waals surface area contributed by atoms with E-state index < -0.39 is 0 Å². The Kier molecular flexibility index (Phi) is 3.72. The van der Waals surface area contributed by atoms with Crippen molar-refractivity contribution in [3.63, 3.8) is 0 Å². The molecule has 1 aliphatic rings. The highest BCUT2D eigenvalue weighted by atomic mass is 16.2. The van der Waals surface area contributed by atoms with Gasteiger partial charge in [0, 0.05) is 30.6 Å². The highest BCUT2D eigenvalue weighted by molar-refractivity contribution is 6.05. The number of benzene rings is 1. The zero-order chi connectivity index (χ0) is 16.5. The van der Waals surface area contributed by atoms with Gasteiger partial charge in [-0.05, 0) is 31.2 Å². The second kappa shape index (κ2) is 6.03. The first kappa shape index (κ1) is 14.8. The second-order valence-corrected chi connectivity index (χ2v) is 6.25. The van der Waals surface area contributed by atoms with Gasteiger partial charge in [-0.15, -0.1) is 0 Å². The van der Waals surface area contributed by atoms with E-state index in [9.17, 15) is 4.79 Å². The van der Waals surface area contributed by atoms with Gasteiger partial charge in [0.15, 0.2) is 5.82 Å². The lowest BCUT2D eigenvalue weighted by atomic mass is 9.96. The van der Waals surface area contributed by atoms with E-state index in [4.69, 9.17) is 0 Å². The molecule has 0 saturated carbocycles. The number of nitrogens with zero attached hydrogens (tertiary/aromatic N) is 4. The Balaban J connectivity index is 1.61. The summed E-state index contributed by atoms with van der Waals surface area (Å²) in [5.41, 5.74) is 0.528. The number of piperidine rings is 1. The van der Waals surface area contributed by atoms with E-state index >= 15 is 0 Å². The van der Waals surface area contributed by atoms with Crippen molar-refractivity contribution in [1.82, 2.24) is 25.1 Å². The highest BCUT2D eigenvalue weighted by Gasteiger charge is 2.28. The summed E-state index contributed by atoms with van der Waals surface area (Å²) in [4.78, 5) is 23.7. The van der Waals surface area contributed by atoms with Crippen molar-refractivity contribution in [2.75, 3.05) is 13.1 Å². The maximum atomic E-state index is 13.0. The predicted molar refractivity (Wildman–Crippen MR) is 90.7 cm³/mol. The number of pyridine rings is 1. The number of aryl methyl sites for hydroxylation is 1. The molecule has 0 radical (unpaired) electrons. The van der Waals surface area contributed by atoms with E-state index in [1.807, 2.05) is 42.2 Å². The van der Waals surface area contributed by atoms with Crippen LogP contribution in [0.25, 0.3) is 10.8 Å². The van der Waals surface area contributed by atoms with Crippen LogP contribution in [0.4, 0.5) is 0 Å². The van der Waals surface area contributed by atoms with Crippen molar-refractivity contribution in [3.05, 3.63) is 53.9 Å². The van der Waals surface area contributed by atoms with Crippen molar-refractivity contribution in [2.45, 2.75) is 25.7 Å². The SMILES string of the molecule is Cc1nc([C@H]2CCCN(C(=O)c3nccc4ccccc34)C2)n[nH]1. The second-order valence-electron chi connectivity index (χ2n) is 6.25. The molecule has 6 nitrogen and oxygen atoms in total. The normalized spacial score (nSPS) is 18.0. The number of rotatable bonds is 2. The molecule has 0 aliphatic carbocycles. The van der Waals surface area contributed by atoms with Crippen molar-refractivity contribution in [3.8, 4) is 0 Å². The van der Waals surface area contributed by atoms with Gasteiger partial charge in [0.2, 0.25) is 0 Å². The molecule has 1 N–H and O–H groups in total. The smallest absolute Gasteiger partial charge is 0.273 e. The van der Waals surface area contributed by atoms with Crippen molar-refractivity contribution < 1.29 is 4.79 Å². The van der Waals surface area contributed by atoms with Crippen molar-refractivity contribution in [2.24, 2.45) is 0 Å². The molecule has 4 rings (SSSR count). The summed E-state index contributed by atoms with van der Waals surface area (Å²) >= 11 is 0. The Morgan fingerprint density at radius 3 is 3.00 bits per heavy atom. The zero-order valence-corrected chi connectivity index (χ0v) is 13.6. The fourth-order valence-electron chi connectivity index (χ4n) is 3.35. The van der Waals surface area contributed by atoms with E-state index in [-0.39, 0.29) is 11.8 Å². The van der Waals surface area contributed by atoms with Gasteiger partial charge in [0.1, 0.15) is 11.5 Å². The first-order valence-corrected chi connectivity index (χ1v) is 8.24. The number of likely N-dealkylation sites (tertiary alicyclic amines) is 1. The molecule has 0 bridgehead atoms. The van der Waals surface area contributed by atoms with E-state index in [1.165, 1.54) is 0 Å². The average molecular weight is 321 g/mol. The van der Waals surface area contributed by atoms with Gasteiger partial charge in [-0.3, -0.25) is 14.9 Å². The Hall–Kier alpha value is -2.76. The number of carbonyl (C=O) groups is 1. The lowest BCUT2D eigenvalue weighted by Crippen LogP contribution is -2.39. The van der Waals surface area contributed by atoms with Crippen LogP contribution in [-0.4, -0.2) is 44.1 Å². The minimum atomic E-state index is -0.0104. The molecule has 1 amide bonds. The van der Waals surface area contributed by atoms with Crippen LogP contribution in [0.5, 0.6) is 0 Å². The number of fused-ring (bicyclic) bond motifs is 1. The standard InChI is InChI=1S/C18H19N5O/c1-12-20-17(22-21-12)14-6-4-10-23(11-14)18(24)16-15-7-3-2-5-13(15)8-9-19-16/h2-3,5,7-9,14H,4,6,10-11H2,1H3,(H,20,21,22)/t14-/m0/s1. The molecule has 3 aromatic rings. The fraction of sp³-hybridized carbons (Fsp3) is 0.333. The fourth-order valence-corrected chi connectivity index (χ4v) is 3.35. The van der Waals surface area contributed by atoms with Gasteiger partial charge in [-0.25, -0.2) is 4.98 Å². The number of aromatic nitrogens is 4. The molecule has 3 heterocycles. The molecule has 1 aliphatic heterocycles. The lowest BCUT2D eigenvalue weighted by Gasteiger charge is -2.31. The van der Waals surface area contributed by atoms with Gasteiger partial charge in [0.05, 0.1) is 0 Å². The molecule has 0 unspecified atom stereocenters.